The lowest BCUT2D eigenvalue weighted by molar-refractivity contribution is -0.144. The van der Waals surface area contributed by atoms with Crippen LogP contribution in [0.1, 0.15) is 10.4 Å². The molecule has 26 heavy (non-hydrogen) atoms. The highest BCUT2D eigenvalue weighted by Crippen LogP contribution is 2.16. The Balaban J connectivity index is 1.93. The van der Waals surface area contributed by atoms with Gasteiger partial charge >= 0.3 is 11.7 Å². The van der Waals surface area contributed by atoms with E-state index in [1.165, 1.54) is 14.2 Å². The number of H-pyrrole nitrogens is 1. The van der Waals surface area contributed by atoms with Gasteiger partial charge in [0, 0.05) is 7.05 Å². The van der Waals surface area contributed by atoms with E-state index < -0.39 is 41.8 Å². The summed E-state index contributed by atoms with van der Waals surface area (Å²) >= 11 is 0. The first kappa shape index (κ1) is 18.8. The molecule has 0 atom stereocenters. The predicted octanol–water partition coefficient (Wildman–Crippen LogP) is -0.531. The molecule has 0 saturated heterocycles. The first-order valence-electron chi connectivity index (χ1n) is 7.38. The number of carbonyl (C=O) groups is 2. The third kappa shape index (κ3) is 4.29. The molecule has 0 unspecified atom stereocenters. The summed E-state index contributed by atoms with van der Waals surface area (Å²) in [4.78, 5) is 48.8. The van der Waals surface area contributed by atoms with Gasteiger partial charge < -0.3 is 19.9 Å². The van der Waals surface area contributed by atoms with Crippen LogP contribution < -0.4 is 26.5 Å². The molecule has 138 valence electrons. The lowest BCUT2D eigenvalue weighted by atomic mass is 10.2. The first-order chi connectivity index (χ1) is 12.3. The van der Waals surface area contributed by atoms with Gasteiger partial charge in [-0.3, -0.25) is 19.1 Å². The molecule has 3 N–H and O–H groups in total. The van der Waals surface area contributed by atoms with Crippen LogP contribution in [0.2, 0.25) is 0 Å². The smallest absolute Gasteiger partial charge is 0.344 e. The summed E-state index contributed by atoms with van der Waals surface area (Å²) in [5.74, 6) is -0.918. The van der Waals surface area contributed by atoms with E-state index in [-0.39, 0.29) is 5.82 Å². The minimum atomic E-state index is -0.943. The summed E-state index contributed by atoms with van der Waals surface area (Å²) in [5.41, 5.74) is 3.45. The maximum Gasteiger partial charge on any atom is 0.344 e. The molecule has 0 fully saturated rings. The number of methoxy groups -OCH3 is 1. The fourth-order valence-electron chi connectivity index (χ4n) is 1.98. The number of nitrogens with two attached hydrogens (primary N) is 1. The predicted molar refractivity (Wildman–Crippen MR) is 90.5 cm³/mol. The van der Waals surface area contributed by atoms with Crippen LogP contribution in [0.3, 0.4) is 0 Å². The van der Waals surface area contributed by atoms with Crippen molar-refractivity contribution in [2.75, 3.05) is 26.1 Å². The van der Waals surface area contributed by atoms with Gasteiger partial charge in [-0.05, 0) is 24.3 Å². The largest absolute Gasteiger partial charge is 0.497 e. The van der Waals surface area contributed by atoms with Gasteiger partial charge in [0.25, 0.3) is 5.56 Å². The highest BCUT2D eigenvalue weighted by molar-refractivity contribution is 6.01. The summed E-state index contributed by atoms with van der Waals surface area (Å²) in [5, 5.41) is 0. The molecule has 0 amide bonds. The van der Waals surface area contributed by atoms with E-state index in [0.29, 0.717) is 11.5 Å². The Labute approximate surface area is 147 Å². The molecule has 0 radical (unpaired) electrons. The number of Topliss-reactive ketones (excluding diaryl/α,β-unsaturated/α-hetero) is 1. The molecule has 0 spiro atoms. The maximum atomic E-state index is 12.1. The number of hydrogen-bond donors (Lipinski definition) is 2. The number of esters is 1. The lowest BCUT2D eigenvalue weighted by Crippen LogP contribution is -2.36. The molecule has 1 aromatic heterocycles. The van der Waals surface area contributed by atoms with E-state index in [9.17, 15) is 19.2 Å². The fraction of sp³-hybridized carbons (Fsp3) is 0.250. The van der Waals surface area contributed by atoms with Crippen molar-refractivity contribution in [3.05, 3.63) is 50.7 Å². The minimum Gasteiger partial charge on any atom is -0.497 e. The van der Waals surface area contributed by atoms with Crippen molar-refractivity contribution < 1.29 is 23.8 Å². The van der Waals surface area contributed by atoms with E-state index >= 15 is 0 Å². The number of rotatable bonds is 7. The van der Waals surface area contributed by atoms with Gasteiger partial charge in [0.05, 0.1) is 7.11 Å². The summed E-state index contributed by atoms with van der Waals surface area (Å²) in [7, 11) is 2.81. The van der Waals surface area contributed by atoms with Crippen LogP contribution in [0, 0.1) is 0 Å². The minimum absolute atomic E-state index is 0.311. The summed E-state index contributed by atoms with van der Waals surface area (Å²) in [6.45, 7) is -1.14. The molecule has 2 rings (SSSR count). The van der Waals surface area contributed by atoms with E-state index in [1.54, 1.807) is 24.3 Å². The van der Waals surface area contributed by atoms with E-state index in [1.807, 2.05) is 4.98 Å². The van der Waals surface area contributed by atoms with Crippen molar-refractivity contribution in [2.24, 2.45) is 7.05 Å². The van der Waals surface area contributed by atoms with Crippen molar-refractivity contribution >= 4 is 17.6 Å². The molecular formula is C16H17N3O7. The third-order valence-electron chi connectivity index (χ3n) is 3.43. The molecule has 0 bridgehead atoms. The standard InChI is InChI=1S/C16H17N3O7/c1-19-14(17)13(15(22)18-16(19)23)11(20)7-26-12(21)8-25-10-5-3-9(24-2)4-6-10/h3-6H,7-8,17H2,1-2H3,(H,18,22,23). The molecule has 0 aliphatic rings. The topological polar surface area (TPSA) is 143 Å². The van der Waals surface area contributed by atoms with Gasteiger partial charge in [-0.15, -0.1) is 0 Å². The number of nitrogens with zero attached hydrogens (tertiary/aromatic N) is 1. The zero-order chi connectivity index (χ0) is 19.3. The average Bonchev–Trinajstić information content (AvgIpc) is 2.63. The zero-order valence-corrected chi connectivity index (χ0v) is 14.1. The number of benzene rings is 1. The van der Waals surface area contributed by atoms with Crippen LogP contribution in [-0.2, 0) is 16.6 Å². The Bertz CT molecular complexity index is 928. The highest BCUT2D eigenvalue weighted by Gasteiger charge is 2.19. The number of aromatic amines is 1. The van der Waals surface area contributed by atoms with Crippen molar-refractivity contribution in [3.63, 3.8) is 0 Å². The van der Waals surface area contributed by atoms with Gasteiger partial charge in [0.15, 0.2) is 13.2 Å². The van der Waals surface area contributed by atoms with Crippen LogP contribution >= 0.6 is 0 Å². The number of anilines is 1. The number of nitrogens with one attached hydrogen (secondary N) is 1. The van der Waals surface area contributed by atoms with Crippen molar-refractivity contribution in [1.29, 1.82) is 0 Å². The second kappa shape index (κ2) is 8.01. The van der Waals surface area contributed by atoms with Crippen LogP contribution in [0.25, 0.3) is 0 Å². The Morgan fingerprint density at radius 3 is 2.35 bits per heavy atom. The van der Waals surface area contributed by atoms with Gasteiger partial charge in [-0.25, -0.2) is 9.59 Å². The van der Waals surface area contributed by atoms with E-state index in [4.69, 9.17) is 19.9 Å². The maximum absolute atomic E-state index is 12.1. The second-order valence-electron chi connectivity index (χ2n) is 5.13. The number of aromatic nitrogens is 2. The van der Waals surface area contributed by atoms with Crippen molar-refractivity contribution in [1.82, 2.24) is 9.55 Å². The molecular weight excluding hydrogens is 346 g/mol. The Morgan fingerprint density at radius 2 is 1.73 bits per heavy atom. The summed E-state index contributed by atoms with van der Waals surface area (Å²) < 4.78 is 15.9. The molecule has 0 aliphatic heterocycles. The van der Waals surface area contributed by atoms with Crippen LogP contribution in [-0.4, -0.2) is 41.6 Å². The molecule has 2 aromatic rings. The molecule has 0 aliphatic carbocycles. The van der Waals surface area contributed by atoms with Crippen LogP contribution in [0.4, 0.5) is 5.82 Å². The lowest BCUT2D eigenvalue weighted by Gasteiger charge is -2.09. The Kier molecular flexibility index (Phi) is 5.78. The summed E-state index contributed by atoms with van der Waals surface area (Å²) in [6, 6.07) is 6.50. The molecule has 10 nitrogen and oxygen atoms in total. The number of hydrogen-bond acceptors (Lipinski definition) is 8. The van der Waals surface area contributed by atoms with Gasteiger partial charge in [-0.1, -0.05) is 0 Å². The molecule has 1 aromatic carbocycles. The quantitative estimate of drug-likeness (QED) is 0.494. The Morgan fingerprint density at radius 1 is 1.12 bits per heavy atom. The number of nitrogen functional groups attached to an aromatic ring is 1. The third-order valence-corrected chi connectivity index (χ3v) is 3.43. The highest BCUT2D eigenvalue weighted by atomic mass is 16.6. The monoisotopic (exact) mass is 363 g/mol. The molecule has 10 heteroatoms. The number of carbonyl (C=O) groups excluding carboxylic acids is 2. The SMILES string of the molecule is COc1ccc(OCC(=O)OCC(=O)c2c(N)n(C)c(=O)[nH]c2=O)cc1. The Hall–Kier alpha value is -3.56. The summed E-state index contributed by atoms with van der Waals surface area (Å²) in [6.07, 6.45) is 0. The number of ketones is 1. The fourth-order valence-corrected chi connectivity index (χ4v) is 1.98. The van der Waals surface area contributed by atoms with Crippen LogP contribution in [0.15, 0.2) is 33.9 Å². The first-order valence-corrected chi connectivity index (χ1v) is 7.38. The number of ether oxygens (including phenoxy) is 3. The van der Waals surface area contributed by atoms with Crippen molar-refractivity contribution in [2.45, 2.75) is 0 Å². The molecule has 0 saturated carbocycles. The van der Waals surface area contributed by atoms with Gasteiger partial charge in [0.1, 0.15) is 22.9 Å². The van der Waals surface area contributed by atoms with E-state index in [2.05, 4.69) is 0 Å². The van der Waals surface area contributed by atoms with Gasteiger partial charge in [0.2, 0.25) is 5.78 Å². The normalized spacial score (nSPS) is 10.2. The zero-order valence-electron chi connectivity index (χ0n) is 14.1. The van der Waals surface area contributed by atoms with Gasteiger partial charge in [-0.2, -0.15) is 0 Å². The van der Waals surface area contributed by atoms with Crippen molar-refractivity contribution in [3.8, 4) is 11.5 Å². The van der Waals surface area contributed by atoms with Crippen LogP contribution in [0.5, 0.6) is 11.5 Å². The molecule has 1 heterocycles. The average molecular weight is 363 g/mol. The second-order valence-corrected chi connectivity index (χ2v) is 5.13. The van der Waals surface area contributed by atoms with E-state index in [0.717, 1.165) is 4.57 Å².